The third kappa shape index (κ3) is 3.44. The summed E-state index contributed by atoms with van der Waals surface area (Å²) in [5, 5.41) is 6.60. The van der Waals surface area contributed by atoms with Crippen molar-refractivity contribution in [3.05, 3.63) is 0 Å². The van der Waals surface area contributed by atoms with Crippen LogP contribution in [0.4, 0.5) is 0 Å². The van der Waals surface area contributed by atoms with Gasteiger partial charge in [-0.2, -0.15) is 0 Å². The quantitative estimate of drug-likeness (QED) is 0.772. The van der Waals surface area contributed by atoms with Gasteiger partial charge in [-0.15, -0.1) is 0 Å². The third-order valence-corrected chi connectivity index (χ3v) is 4.47. The van der Waals surface area contributed by atoms with Crippen molar-refractivity contribution in [3.8, 4) is 0 Å². The number of carbonyl (C=O) groups is 1. The predicted molar refractivity (Wildman–Crippen MR) is 69.7 cm³/mol. The van der Waals surface area contributed by atoms with E-state index in [9.17, 15) is 4.79 Å². The fourth-order valence-corrected chi connectivity index (χ4v) is 3.26. The number of hydrogen-bond acceptors (Lipinski definition) is 2. The minimum Gasteiger partial charge on any atom is -0.353 e. The molecule has 0 radical (unpaired) electrons. The molecule has 3 nitrogen and oxygen atoms in total. The van der Waals surface area contributed by atoms with E-state index in [4.69, 9.17) is 0 Å². The van der Waals surface area contributed by atoms with Crippen molar-refractivity contribution in [2.24, 2.45) is 17.8 Å². The van der Waals surface area contributed by atoms with E-state index in [2.05, 4.69) is 24.5 Å². The zero-order chi connectivity index (χ0) is 12.3. The molecular formula is C14H26N2O. The van der Waals surface area contributed by atoms with E-state index in [1.165, 1.54) is 19.3 Å². The van der Waals surface area contributed by atoms with Gasteiger partial charge >= 0.3 is 0 Å². The van der Waals surface area contributed by atoms with Crippen LogP contribution >= 0.6 is 0 Å². The fraction of sp³-hybridized carbons (Fsp3) is 0.929. The summed E-state index contributed by atoms with van der Waals surface area (Å²) in [5.41, 5.74) is 0. The number of hydrogen-bond donors (Lipinski definition) is 2. The highest BCUT2D eigenvalue weighted by Crippen LogP contribution is 2.29. The van der Waals surface area contributed by atoms with Crippen molar-refractivity contribution in [1.29, 1.82) is 0 Å². The van der Waals surface area contributed by atoms with Crippen LogP contribution in [-0.2, 0) is 4.79 Å². The molecule has 1 saturated heterocycles. The summed E-state index contributed by atoms with van der Waals surface area (Å²) in [6.07, 6.45) is 5.70. The zero-order valence-corrected chi connectivity index (χ0v) is 11.2. The van der Waals surface area contributed by atoms with E-state index in [0.717, 1.165) is 31.8 Å². The minimum absolute atomic E-state index is 0.253. The van der Waals surface area contributed by atoms with Crippen molar-refractivity contribution in [1.82, 2.24) is 10.6 Å². The Balaban J connectivity index is 1.81. The molecule has 3 heteroatoms. The van der Waals surface area contributed by atoms with Gasteiger partial charge in [0.05, 0.1) is 0 Å². The van der Waals surface area contributed by atoms with Crippen LogP contribution in [0.5, 0.6) is 0 Å². The van der Waals surface area contributed by atoms with E-state index in [1.807, 2.05) is 0 Å². The van der Waals surface area contributed by atoms with E-state index in [0.29, 0.717) is 17.9 Å². The maximum atomic E-state index is 12.2. The van der Waals surface area contributed by atoms with Gasteiger partial charge in [-0.3, -0.25) is 4.79 Å². The Morgan fingerprint density at radius 2 is 1.82 bits per heavy atom. The molecule has 3 unspecified atom stereocenters. The molecule has 0 spiro atoms. The van der Waals surface area contributed by atoms with Crippen LogP contribution in [0.1, 0.15) is 46.0 Å². The van der Waals surface area contributed by atoms with Crippen LogP contribution in [0.2, 0.25) is 0 Å². The molecule has 17 heavy (non-hydrogen) atoms. The van der Waals surface area contributed by atoms with Crippen LogP contribution in [0.3, 0.4) is 0 Å². The van der Waals surface area contributed by atoms with Crippen molar-refractivity contribution in [3.63, 3.8) is 0 Å². The van der Waals surface area contributed by atoms with Gasteiger partial charge in [-0.05, 0) is 57.0 Å². The number of carbonyl (C=O) groups excluding carboxylic acids is 1. The van der Waals surface area contributed by atoms with Gasteiger partial charge in [0.1, 0.15) is 0 Å². The number of nitrogens with one attached hydrogen (secondary N) is 2. The van der Waals surface area contributed by atoms with Gasteiger partial charge < -0.3 is 10.6 Å². The zero-order valence-electron chi connectivity index (χ0n) is 11.2. The van der Waals surface area contributed by atoms with E-state index < -0.39 is 0 Å². The smallest absolute Gasteiger partial charge is 0.223 e. The molecule has 1 amide bonds. The molecule has 0 bridgehead atoms. The molecule has 0 aromatic heterocycles. The highest BCUT2D eigenvalue weighted by molar-refractivity contribution is 5.79. The van der Waals surface area contributed by atoms with Crippen molar-refractivity contribution in [2.45, 2.75) is 52.0 Å². The molecule has 2 fully saturated rings. The molecule has 0 aromatic carbocycles. The molecule has 0 aromatic rings. The average Bonchev–Trinajstić information content (AvgIpc) is 2.34. The summed E-state index contributed by atoms with van der Waals surface area (Å²) in [4.78, 5) is 12.2. The van der Waals surface area contributed by atoms with Crippen LogP contribution in [0, 0.1) is 17.8 Å². The van der Waals surface area contributed by atoms with Crippen molar-refractivity contribution >= 4 is 5.91 Å². The van der Waals surface area contributed by atoms with Crippen molar-refractivity contribution in [2.75, 3.05) is 13.1 Å². The van der Waals surface area contributed by atoms with Gasteiger partial charge in [0, 0.05) is 12.0 Å². The van der Waals surface area contributed by atoms with Crippen LogP contribution in [0.25, 0.3) is 0 Å². The molecule has 1 aliphatic carbocycles. The normalized spacial score (nSPS) is 35.5. The molecule has 98 valence electrons. The lowest BCUT2D eigenvalue weighted by Gasteiger charge is -2.34. The van der Waals surface area contributed by atoms with E-state index >= 15 is 0 Å². The van der Waals surface area contributed by atoms with Gasteiger partial charge in [-0.1, -0.05) is 13.8 Å². The SMILES string of the molecule is CC1CCC(NC(=O)C2CCNCC2)C(C)C1. The standard InChI is InChI=1S/C14H26N2O/c1-10-3-4-13(11(2)9-10)16-14(17)12-5-7-15-8-6-12/h10-13,15H,3-9H2,1-2H3,(H,16,17). The highest BCUT2D eigenvalue weighted by Gasteiger charge is 2.29. The van der Waals surface area contributed by atoms with E-state index in [1.54, 1.807) is 0 Å². The molecule has 1 saturated carbocycles. The lowest BCUT2D eigenvalue weighted by molar-refractivity contribution is -0.127. The summed E-state index contributed by atoms with van der Waals surface area (Å²) < 4.78 is 0. The molecule has 2 aliphatic rings. The first-order valence-electron chi connectivity index (χ1n) is 7.18. The predicted octanol–water partition coefficient (Wildman–Crippen LogP) is 1.93. The Kier molecular flexibility index (Phi) is 4.43. The largest absolute Gasteiger partial charge is 0.353 e. The Hall–Kier alpha value is -0.570. The van der Waals surface area contributed by atoms with Crippen LogP contribution in [0.15, 0.2) is 0 Å². The van der Waals surface area contributed by atoms with Crippen LogP contribution in [-0.4, -0.2) is 25.0 Å². The Bertz CT molecular complexity index is 261. The fourth-order valence-electron chi connectivity index (χ4n) is 3.26. The maximum Gasteiger partial charge on any atom is 0.223 e. The topological polar surface area (TPSA) is 41.1 Å². The summed E-state index contributed by atoms with van der Waals surface area (Å²) in [6, 6.07) is 0.425. The first kappa shape index (κ1) is 12.9. The second-order valence-electron chi connectivity index (χ2n) is 6.03. The first-order valence-corrected chi connectivity index (χ1v) is 7.18. The molecule has 2 rings (SSSR count). The van der Waals surface area contributed by atoms with Gasteiger partial charge in [0.15, 0.2) is 0 Å². The lowest BCUT2D eigenvalue weighted by Crippen LogP contribution is -2.46. The average molecular weight is 238 g/mol. The third-order valence-electron chi connectivity index (χ3n) is 4.47. The minimum atomic E-state index is 0.253. The Labute approximate surface area is 105 Å². The van der Waals surface area contributed by atoms with Crippen LogP contribution < -0.4 is 10.6 Å². The molecular weight excluding hydrogens is 212 g/mol. The molecule has 1 aliphatic heterocycles. The molecule has 2 N–H and O–H groups in total. The monoisotopic (exact) mass is 238 g/mol. The molecule has 3 atom stereocenters. The van der Waals surface area contributed by atoms with E-state index in [-0.39, 0.29) is 5.92 Å². The summed E-state index contributed by atoms with van der Waals surface area (Å²) in [6.45, 7) is 6.59. The maximum absolute atomic E-state index is 12.2. The van der Waals surface area contributed by atoms with Crippen molar-refractivity contribution < 1.29 is 4.79 Å². The second kappa shape index (κ2) is 5.85. The summed E-state index contributed by atoms with van der Waals surface area (Å²) in [5.74, 6) is 2.03. The number of piperidine rings is 1. The molecule has 1 heterocycles. The first-order chi connectivity index (χ1) is 8.16. The number of amides is 1. The van der Waals surface area contributed by atoms with Gasteiger partial charge in [0.25, 0.3) is 0 Å². The summed E-state index contributed by atoms with van der Waals surface area (Å²) in [7, 11) is 0. The Morgan fingerprint density at radius 1 is 1.12 bits per heavy atom. The van der Waals surface area contributed by atoms with Gasteiger partial charge in [-0.25, -0.2) is 0 Å². The second-order valence-corrected chi connectivity index (χ2v) is 6.03. The van der Waals surface area contributed by atoms with Gasteiger partial charge in [0.2, 0.25) is 5.91 Å². The Morgan fingerprint density at radius 3 is 2.47 bits per heavy atom. The number of rotatable bonds is 2. The lowest BCUT2D eigenvalue weighted by atomic mass is 9.79. The summed E-state index contributed by atoms with van der Waals surface area (Å²) >= 11 is 0. The highest BCUT2D eigenvalue weighted by atomic mass is 16.1.